The molecule has 0 spiro atoms. The fourth-order valence-corrected chi connectivity index (χ4v) is 2.95. The van der Waals surface area contributed by atoms with Crippen molar-refractivity contribution in [3.05, 3.63) is 29.8 Å². The van der Waals surface area contributed by atoms with Gasteiger partial charge in [-0.25, -0.2) is 4.79 Å². The highest BCUT2D eigenvalue weighted by Gasteiger charge is 2.30. The molecule has 1 unspecified atom stereocenters. The molecular weight excluding hydrogens is 332 g/mol. The zero-order chi connectivity index (χ0) is 19.2. The van der Waals surface area contributed by atoms with E-state index in [1.807, 2.05) is 45.0 Å². The van der Waals surface area contributed by atoms with Crippen molar-refractivity contribution in [3.63, 3.8) is 0 Å². The molecule has 0 radical (unpaired) electrons. The van der Waals surface area contributed by atoms with Gasteiger partial charge in [-0.05, 0) is 57.7 Å². The van der Waals surface area contributed by atoms with Gasteiger partial charge in [-0.15, -0.1) is 0 Å². The van der Waals surface area contributed by atoms with Crippen LogP contribution in [-0.2, 0) is 16.0 Å². The smallest absolute Gasteiger partial charge is 0.410 e. The number of benzene rings is 1. The van der Waals surface area contributed by atoms with Gasteiger partial charge in [0.05, 0.1) is 13.0 Å². The van der Waals surface area contributed by atoms with Gasteiger partial charge in [-0.1, -0.05) is 12.1 Å². The number of hydrogen-bond acceptors (Lipinski definition) is 4. The fraction of sp³-hybridized carbons (Fsp3) is 0.600. The highest BCUT2D eigenvalue weighted by molar-refractivity contribution is 5.80. The van der Waals surface area contributed by atoms with Gasteiger partial charge in [0, 0.05) is 19.6 Å². The highest BCUT2D eigenvalue weighted by Crippen LogP contribution is 2.19. The largest absolute Gasteiger partial charge is 0.497 e. The van der Waals surface area contributed by atoms with Crippen molar-refractivity contribution in [2.75, 3.05) is 26.7 Å². The first-order valence-corrected chi connectivity index (χ1v) is 9.17. The number of methoxy groups -OCH3 is 1. The van der Waals surface area contributed by atoms with E-state index >= 15 is 0 Å². The Kier molecular flexibility index (Phi) is 6.89. The minimum atomic E-state index is -0.523. The van der Waals surface area contributed by atoms with E-state index in [1.165, 1.54) is 0 Å². The molecule has 144 valence electrons. The van der Waals surface area contributed by atoms with Crippen LogP contribution in [0.3, 0.4) is 0 Å². The van der Waals surface area contributed by atoms with Crippen molar-refractivity contribution in [2.45, 2.75) is 45.6 Å². The second-order valence-corrected chi connectivity index (χ2v) is 7.65. The summed E-state index contributed by atoms with van der Waals surface area (Å²) in [7, 11) is 1.64. The molecule has 2 rings (SSSR count). The highest BCUT2D eigenvalue weighted by atomic mass is 16.6. The first-order chi connectivity index (χ1) is 12.3. The van der Waals surface area contributed by atoms with Crippen LogP contribution in [0.4, 0.5) is 4.79 Å². The SMILES string of the molecule is COc1ccc(CCNC(=O)C2CCCN(C(=O)OC(C)(C)C)C2)cc1. The van der Waals surface area contributed by atoms with Crippen molar-refractivity contribution in [2.24, 2.45) is 5.92 Å². The van der Waals surface area contributed by atoms with Gasteiger partial charge in [0.2, 0.25) is 5.91 Å². The second-order valence-electron chi connectivity index (χ2n) is 7.65. The maximum atomic E-state index is 12.4. The maximum Gasteiger partial charge on any atom is 0.410 e. The number of likely N-dealkylation sites (tertiary alicyclic amines) is 1. The third-order valence-electron chi connectivity index (χ3n) is 4.32. The van der Waals surface area contributed by atoms with Crippen LogP contribution in [0.1, 0.15) is 39.2 Å². The summed E-state index contributed by atoms with van der Waals surface area (Å²) in [6.07, 6.45) is 2.04. The number of rotatable bonds is 5. The quantitative estimate of drug-likeness (QED) is 0.874. The zero-order valence-electron chi connectivity index (χ0n) is 16.2. The van der Waals surface area contributed by atoms with Gasteiger partial charge in [-0.3, -0.25) is 4.79 Å². The molecule has 1 heterocycles. The second kappa shape index (κ2) is 8.92. The van der Waals surface area contributed by atoms with E-state index < -0.39 is 5.60 Å². The standard InChI is InChI=1S/C20H30N2O4/c1-20(2,3)26-19(24)22-13-5-6-16(14-22)18(23)21-12-11-15-7-9-17(25-4)10-8-15/h7-10,16H,5-6,11-14H2,1-4H3,(H,21,23). The molecular formula is C20H30N2O4. The van der Waals surface area contributed by atoms with Crippen LogP contribution in [-0.4, -0.2) is 49.2 Å². The van der Waals surface area contributed by atoms with Gasteiger partial charge in [0.15, 0.2) is 0 Å². The number of piperidine rings is 1. The summed E-state index contributed by atoms with van der Waals surface area (Å²) in [4.78, 5) is 26.3. The number of hydrogen-bond donors (Lipinski definition) is 1. The van der Waals surface area contributed by atoms with E-state index in [1.54, 1.807) is 12.0 Å². The summed E-state index contributed by atoms with van der Waals surface area (Å²) in [6.45, 7) is 7.18. The molecule has 0 aliphatic carbocycles. The molecule has 1 atom stereocenters. The summed E-state index contributed by atoms with van der Waals surface area (Å²) < 4.78 is 10.5. The Morgan fingerprint density at radius 1 is 1.23 bits per heavy atom. The third-order valence-corrected chi connectivity index (χ3v) is 4.32. The monoisotopic (exact) mass is 362 g/mol. The van der Waals surface area contributed by atoms with Gasteiger partial charge >= 0.3 is 6.09 Å². The summed E-state index contributed by atoms with van der Waals surface area (Å²) in [5.74, 6) is 0.654. The minimum absolute atomic E-state index is 0.00627. The van der Waals surface area contributed by atoms with E-state index in [9.17, 15) is 9.59 Å². The van der Waals surface area contributed by atoms with E-state index in [2.05, 4.69) is 5.32 Å². The van der Waals surface area contributed by atoms with Gasteiger partial charge < -0.3 is 19.7 Å². The molecule has 6 nitrogen and oxygen atoms in total. The van der Waals surface area contributed by atoms with E-state index in [0.717, 1.165) is 30.6 Å². The molecule has 1 aromatic rings. The fourth-order valence-electron chi connectivity index (χ4n) is 2.95. The number of ether oxygens (including phenoxy) is 2. The van der Waals surface area contributed by atoms with Crippen LogP contribution in [0.25, 0.3) is 0 Å². The average molecular weight is 362 g/mol. The Balaban J connectivity index is 1.78. The van der Waals surface area contributed by atoms with Gasteiger partial charge in [-0.2, -0.15) is 0 Å². The van der Waals surface area contributed by atoms with Crippen LogP contribution in [0.15, 0.2) is 24.3 Å². The van der Waals surface area contributed by atoms with Gasteiger partial charge in [0.1, 0.15) is 11.4 Å². The Hall–Kier alpha value is -2.24. The van der Waals surface area contributed by atoms with Crippen molar-refractivity contribution < 1.29 is 19.1 Å². The van der Waals surface area contributed by atoms with Crippen LogP contribution in [0.5, 0.6) is 5.75 Å². The lowest BCUT2D eigenvalue weighted by Gasteiger charge is -2.33. The minimum Gasteiger partial charge on any atom is -0.497 e. The predicted molar refractivity (Wildman–Crippen MR) is 100 cm³/mol. The molecule has 1 aliphatic heterocycles. The number of carbonyl (C=O) groups excluding carboxylic acids is 2. The molecule has 0 aromatic heterocycles. The Morgan fingerprint density at radius 3 is 2.54 bits per heavy atom. The summed E-state index contributed by atoms with van der Waals surface area (Å²) >= 11 is 0. The Morgan fingerprint density at radius 2 is 1.92 bits per heavy atom. The summed E-state index contributed by atoms with van der Waals surface area (Å²) in [6, 6.07) is 7.82. The van der Waals surface area contributed by atoms with E-state index in [4.69, 9.17) is 9.47 Å². The van der Waals surface area contributed by atoms with Crippen molar-refractivity contribution in [3.8, 4) is 5.75 Å². The van der Waals surface area contributed by atoms with Crippen LogP contribution >= 0.6 is 0 Å². The normalized spacial score (nSPS) is 17.5. The average Bonchev–Trinajstić information content (AvgIpc) is 2.61. The van der Waals surface area contributed by atoms with Crippen molar-refractivity contribution in [1.82, 2.24) is 10.2 Å². The molecule has 2 amide bonds. The molecule has 1 aromatic carbocycles. The maximum absolute atomic E-state index is 12.4. The molecule has 0 bridgehead atoms. The Bertz CT molecular complexity index is 607. The summed E-state index contributed by atoms with van der Waals surface area (Å²) in [5.41, 5.74) is 0.620. The number of nitrogens with zero attached hydrogens (tertiary/aromatic N) is 1. The lowest BCUT2D eigenvalue weighted by molar-refractivity contribution is -0.126. The van der Waals surface area contributed by atoms with Gasteiger partial charge in [0.25, 0.3) is 0 Å². The first-order valence-electron chi connectivity index (χ1n) is 9.17. The number of nitrogens with one attached hydrogen (secondary N) is 1. The molecule has 26 heavy (non-hydrogen) atoms. The molecule has 1 aliphatic rings. The number of amides is 2. The van der Waals surface area contributed by atoms with E-state index in [-0.39, 0.29) is 17.9 Å². The summed E-state index contributed by atoms with van der Waals surface area (Å²) in [5, 5.41) is 2.99. The van der Waals surface area contributed by atoms with Crippen LogP contribution in [0, 0.1) is 5.92 Å². The third kappa shape index (κ3) is 6.24. The topological polar surface area (TPSA) is 67.9 Å². The first kappa shape index (κ1) is 20.1. The van der Waals surface area contributed by atoms with Crippen molar-refractivity contribution in [1.29, 1.82) is 0 Å². The van der Waals surface area contributed by atoms with Crippen molar-refractivity contribution >= 4 is 12.0 Å². The Labute approximate surface area is 155 Å². The number of carbonyl (C=O) groups is 2. The molecule has 1 N–H and O–H groups in total. The molecule has 1 fully saturated rings. The lowest BCUT2D eigenvalue weighted by Crippen LogP contribution is -2.47. The molecule has 6 heteroatoms. The lowest BCUT2D eigenvalue weighted by atomic mass is 9.97. The predicted octanol–water partition coefficient (Wildman–Crippen LogP) is 3.00. The van der Waals surface area contributed by atoms with Crippen LogP contribution < -0.4 is 10.1 Å². The molecule has 1 saturated heterocycles. The van der Waals surface area contributed by atoms with E-state index in [0.29, 0.717) is 19.6 Å². The molecule has 0 saturated carbocycles. The zero-order valence-corrected chi connectivity index (χ0v) is 16.2. The van der Waals surface area contributed by atoms with Crippen LogP contribution in [0.2, 0.25) is 0 Å².